The Kier molecular flexibility index (Phi) is 8.09. The maximum absolute atomic E-state index is 13.9. The number of benzene rings is 2. The Hall–Kier alpha value is -4.94. The average Bonchev–Trinajstić information content (AvgIpc) is 3.00. The van der Waals surface area contributed by atoms with Gasteiger partial charge in [0.1, 0.15) is 11.6 Å². The maximum Gasteiger partial charge on any atom is 0.434 e. The summed E-state index contributed by atoms with van der Waals surface area (Å²) in [5.41, 5.74) is -0.518. The summed E-state index contributed by atoms with van der Waals surface area (Å²) in [5, 5.41) is 10.6. The molecular formula is C29H25F3N6O4. The van der Waals surface area contributed by atoms with E-state index < -0.39 is 41.2 Å². The topological polar surface area (TPSA) is 118 Å². The summed E-state index contributed by atoms with van der Waals surface area (Å²) in [5.74, 6) is -2.06. The van der Waals surface area contributed by atoms with Crippen LogP contribution < -0.4 is 9.80 Å². The van der Waals surface area contributed by atoms with Crippen molar-refractivity contribution >= 4 is 40.6 Å². The number of ketones is 1. The van der Waals surface area contributed by atoms with E-state index in [4.69, 9.17) is 4.74 Å². The summed E-state index contributed by atoms with van der Waals surface area (Å²) >= 11 is 0. The van der Waals surface area contributed by atoms with Crippen LogP contribution in [0.5, 0.6) is 0 Å². The van der Waals surface area contributed by atoms with Crippen molar-refractivity contribution in [3.63, 3.8) is 0 Å². The normalized spacial score (nSPS) is 15.5. The fraction of sp³-hybridized carbons (Fsp3) is 0.276. The lowest BCUT2D eigenvalue weighted by Crippen LogP contribution is -2.58. The number of esters is 1. The second-order valence-corrected chi connectivity index (χ2v) is 9.50. The van der Waals surface area contributed by atoms with E-state index in [1.807, 2.05) is 54.6 Å². The minimum atomic E-state index is -5.00. The molecule has 5 rings (SSSR count). The van der Waals surface area contributed by atoms with Gasteiger partial charge >= 0.3 is 12.1 Å². The van der Waals surface area contributed by atoms with Crippen molar-refractivity contribution < 1.29 is 32.3 Å². The van der Waals surface area contributed by atoms with Gasteiger partial charge in [0, 0.05) is 43.0 Å². The molecule has 4 aromatic rings. The molecule has 1 aliphatic rings. The highest BCUT2D eigenvalue weighted by Gasteiger charge is 2.41. The zero-order valence-corrected chi connectivity index (χ0v) is 22.4. The highest BCUT2D eigenvalue weighted by atomic mass is 19.4. The predicted octanol–water partition coefficient (Wildman–Crippen LogP) is 3.67. The summed E-state index contributed by atoms with van der Waals surface area (Å²) < 4.78 is 46.3. The zero-order valence-electron chi connectivity index (χ0n) is 22.4. The van der Waals surface area contributed by atoms with E-state index in [0.717, 1.165) is 28.2 Å². The molecule has 0 spiro atoms. The highest BCUT2D eigenvalue weighted by Crippen LogP contribution is 2.33. The second-order valence-electron chi connectivity index (χ2n) is 9.50. The summed E-state index contributed by atoms with van der Waals surface area (Å²) in [7, 11) is 0. The molecule has 0 bridgehead atoms. The van der Waals surface area contributed by atoms with Crippen LogP contribution in [0.2, 0.25) is 0 Å². The van der Waals surface area contributed by atoms with E-state index in [9.17, 15) is 27.6 Å². The van der Waals surface area contributed by atoms with Crippen LogP contribution in [0.1, 0.15) is 34.2 Å². The van der Waals surface area contributed by atoms with Crippen LogP contribution >= 0.6 is 0 Å². The van der Waals surface area contributed by atoms with E-state index in [-0.39, 0.29) is 32.5 Å². The van der Waals surface area contributed by atoms with E-state index in [1.54, 1.807) is 4.90 Å². The predicted molar refractivity (Wildman–Crippen MR) is 146 cm³/mol. The molecule has 1 fully saturated rings. The Balaban J connectivity index is 1.48. The number of alkyl halides is 3. The number of fused-ring (bicyclic) bond motifs is 1. The lowest BCUT2D eigenvalue weighted by molar-refractivity contribution is -0.141. The fourth-order valence-corrected chi connectivity index (χ4v) is 4.92. The zero-order chi connectivity index (χ0) is 29.9. The quantitative estimate of drug-likeness (QED) is 0.174. The van der Waals surface area contributed by atoms with E-state index in [0.29, 0.717) is 12.2 Å². The Morgan fingerprint density at radius 3 is 2.43 bits per heavy atom. The number of carbonyl (C=O) groups excluding carboxylic acids is 3. The smallest absolute Gasteiger partial charge is 0.434 e. The van der Waals surface area contributed by atoms with Crippen LogP contribution in [0, 0.1) is 0 Å². The largest absolute Gasteiger partial charge is 0.462 e. The molecule has 1 saturated heterocycles. The minimum Gasteiger partial charge on any atom is -0.462 e. The van der Waals surface area contributed by atoms with E-state index in [2.05, 4.69) is 20.2 Å². The number of nitrogens with zero attached hydrogens (tertiary/aromatic N) is 6. The van der Waals surface area contributed by atoms with Gasteiger partial charge in [0.2, 0.25) is 11.7 Å². The molecule has 2 aromatic carbocycles. The number of carbonyl (C=O) groups is 3. The van der Waals surface area contributed by atoms with Gasteiger partial charge in [-0.2, -0.15) is 18.3 Å². The number of Topliss-reactive ketones (excluding diaryl/α,β-unsaturated/α-hetero) is 1. The molecule has 1 aliphatic heterocycles. The fourth-order valence-electron chi connectivity index (χ4n) is 4.92. The standard InChI is InChI=1S/C29H25F3N6O4/c1-2-42-27(41)21-15-33-28(34-25(21)29(30,31)32)38-13-12-37(16-23(38)24(40)17-39)26-20-11-7-6-10-19(20)22(35-36-26)14-18-8-4-3-5-9-18/h3-11,15,17,23H,2,12-14,16H2,1H3/t23-/m0/s1. The number of rotatable bonds is 8. The summed E-state index contributed by atoms with van der Waals surface area (Å²) in [6.45, 7) is 1.44. The third-order valence-electron chi connectivity index (χ3n) is 6.88. The molecular weight excluding hydrogens is 553 g/mol. The Morgan fingerprint density at radius 2 is 1.74 bits per heavy atom. The molecule has 216 valence electrons. The van der Waals surface area contributed by atoms with Gasteiger partial charge < -0.3 is 14.5 Å². The van der Waals surface area contributed by atoms with Crippen molar-refractivity contribution in [2.45, 2.75) is 25.6 Å². The molecule has 1 atom stereocenters. The van der Waals surface area contributed by atoms with Crippen molar-refractivity contribution in [2.24, 2.45) is 0 Å². The number of hydrogen-bond donors (Lipinski definition) is 0. The van der Waals surface area contributed by atoms with Crippen molar-refractivity contribution in [1.29, 1.82) is 0 Å². The lowest BCUT2D eigenvalue weighted by Gasteiger charge is -2.40. The van der Waals surface area contributed by atoms with E-state index >= 15 is 0 Å². The van der Waals surface area contributed by atoms with Crippen molar-refractivity contribution in [3.8, 4) is 0 Å². The molecule has 0 saturated carbocycles. The molecule has 42 heavy (non-hydrogen) atoms. The SMILES string of the molecule is CCOC(=O)c1cnc(N2CCN(c3nnc(Cc4ccccc4)c4ccccc34)C[C@H]2C(=O)C=O)nc1C(F)(F)F. The number of halogens is 3. The Labute approximate surface area is 238 Å². The first kappa shape index (κ1) is 28.6. The Morgan fingerprint density at radius 1 is 1.02 bits per heavy atom. The second kappa shape index (κ2) is 11.9. The van der Waals surface area contributed by atoms with Crippen LogP contribution in [0.4, 0.5) is 24.9 Å². The van der Waals surface area contributed by atoms with Gasteiger partial charge in [0.15, 0.2) is 17.8 Å². The van der Waals surface area contributed by atoms with Crippen LogP contribution in [0.15, 0.2) is 60.8 Å². The van der Waals surface area contributed by atoms with Crippen LogP contribution in [-0.4, -0.2) is 70.5 Å². The number of aromatic nitrogens is 4. The first-order valence-corrected chi connectivity index (χ1v) is 13.1. The van der Waals surface area contributed by atoms with Gasteiger partial charge in [-0.25, -0.2) is 14.8 Å². The van der Waals surface area contributed by atoms with Gasteiger partial charge in [0.25, 0.3) is 0 Å². The molecule has 0 N–H and O–H groups in total. The maximum atomic E-state index is 13.9. The average molecular weight is 579 g/mol. The third-order valence-corrected chi connectivity index (χ3v) is 6.88. The van der Waals surface area contributed by atoms with Crippen LogP contribution in [-0.2, 0) is 26.9 Å². The molecule has 2 aromatic heterocycles. The van der Waals surface area contributed by atoms with Gasteiger partial charge in [0.05, 0.1) is 12.3 Å². The first-order valence-electron chi connectivity index (χ1n) is 13.1. The van der Waals surface area contributed by atoms with Gasteiger partial charge in [-0.1, -0.05) is 54.6 Å². The summed E-state index contributed by atoms with van der Waals surface area (Å²) in [6.07, 6.45) is -3.61. The minimum absolute atomic E-state index is 0.0118. The van der Waals surface area contributed by atoms with E-state index in [1.165, 1.54) is 11.8 Å². The van der Waals surface area contributed by atoms with Crippen molar-refractivity contribution in [1.82, 2.24) is 20.2 Å². The Bertz CT molecular complexity index is 1630. The summed E-state index contributed by atoms with van der Waals surface area (Å²) in [6, 6.07) is 16.1. The number of aldehydes is 1. The first-order chi connectivity index (χ1) is 20.2. The molecule has 10 nitrogen and oxygen atoms in total. The van der Waals surface area contributed by atoms with Gasteiger partial charge in [-0.05, 0) is 12.5 Å². The third kappa shape index (κ3) is 5.76. The lowest BCUT2D eigenvalue weighted by atomic mass is 10.0. The molecule has 13 heteroatoms. The highest BCUT2D eigenvalue weighted by molar-refractivity contribution is 6.28. The number of anilines is 2. The van der Waals surface area contributed by atoms with Crippen molar-refractivity contribution in [3.05, 3.63) is 83.3 Å². The monoisotopic (exact) mass is 578 g/mol. The number of piperazine rings is 1. The molecule has 3 heterocycles. The molecule has 0 amide bonds. The molecule has 0 aliphatic carbocycles. The van der Waals surface area contributed by atoms with Crippen molar-refractivity contribution in [2.75, 3.05) is 36.0 Å². The molecule has 0 radical (unpaired) electrons. The van der Waals surface area contributed by atoms with Gasteiger partial charge in [-0.3, -0.25) is 9.59 Å². The number of ether oxygens (including phenoxy) is 1. The molecule has 0 unspecified atom stereocenters. The summed E-state index contributed by atoms with van der Waals surface area (Å²) in [4.78, 5) is 47.0. The van der Waals surface area contributed by atoms with Crippen LogP contribution in [0.3, 0.4) is 0 Å². The number of hydrogen-bond acceptors (Lipinski definition) is 10. The van der Waals surface area contributed by atoms with Gasteiger partial charge in [-0.15, -0.1) is 5.10 Å². The van der Waals surface area contributed by atoms with Crippen LogP contribution in [0.25, 0.3) is 10.8 Å².